The van der Waals surface area contributed by atoms with E-state index in [-0.39, 0.29) is 5.56 Å². The number of hydrogen-bond donors (Lipinski definition) is 1. The van der Waals surface area contributed by atoms with Gasteiger partial charge in [0.05, 0.1) is 24.5 Å². The molecule has 1 amide bonds. The number of methoxy groups -OCH3 is 1. The molecule has 0 aliphatic carbocycles. The van der Waals surface area contributed by atoms with E-state index in [0.717, 1.165) is 0 Å². The molecule has 0 saturated heterocycles. The third kappa shape index (κ3) is 5.26. The number of esters is 1. The van der Waals surface area contributed by atoms with Crippen LogP contribution in [0.5, 0.6) is 11.5 Å². The summed E-state index contributed by atoms with van der Waals surface area (Å²) < 4.78 is 24.0. The molecule has 3 aromatic carbocycles. The van der Waals surface area contributed by atoms with Crippen molar-refractivity contribution in [3.8, 4) is 11.5 Å². The van der Waals surface area contributed by atoms with Crippen LogP contribution in [0.2, 0.25) is 0 Å². The zero-order valence-corrected chi connectivity index (χ0v) is 15.5. The van der Waals surface area contributed by atoms with Gasteiger partial charge in [-0.15, -0.1) is 0 Å². The molecule has 146 valence electrons. The van der Waals surface area contributed by atoms with E-state index < -0.39 is 17.7 Å². The Morgan fingerprint density at radius 2 is 1.72 bits per heavy atom. The predicted molar refractivity (Wildman–Crippen MR) is 106 cm³/mol. The Morgan fingerprint density at radius 3 is 2.45 bits per heavy atom. The fourth-order valence-electron chi connectivity index (χ4n) is 2.42. The van der Waals surface area contributed by atoms with E-state index in [9.17, 15) is 14.0 Å². The molecule has 0 unspecified atom stereocenters. The maximum Gasteiger partial charge on any atom is 0.343 e. The Kier molecular flexibility index (Phi) is 6.32. The van der Waals surface area contributed by atoms with Gasteiger partial charge in [0.2, 0.25) is 0 Å². The summed E-state index contributed by atoms with van der Waals surface area (Å²) in [6.45, 7) is 0. The van der Waals surface area contributed by atoms with Gasteiger partial charge in [-0.3, -0.25) is 4.79 Å². The van der Waals surface area contributed by atoms with Gasteiger partial charge < -0.3 is 9.47 Å². The minimum atomic E-state index is -0.665. The molecule has 6 nitrogen and oxygen atoms in total. The highest BCUT2D eigenvalue weighted by molar-refractivity contribution is 5.95. The van der Waals surface area contributed by atoms with Gasteiger partial charge in [0.1, 0.15) is 17.3 Å². The van der Waals surface area contributed by atoms with Crippen molar-refractivity contribution in [2.75, 3.05) is 7.11 Å². The zero-order valence-electron chi connectivity index (χ0n) is 15.5. The van der Waals surface area contributed by atoms with E-state index in [2.05, 4.69) is 10.5 Å². The second kappa shape index (κ2) is 9.27. The van der Waals surface area contributed by atoms with Gasteiger partial charge >= 0.3 is 5.97 Å². The number of amides is 1. The van der Waals surface area contributed by atoms with Crippen LogP contribution in [0.15, 0.2) is 77.9 Å². The summed E-state index contributed by atoms with van der Waals surface area (Å²) in [5.41, 5.74) is 3.11. The molecule has 0 aromatic heterocycles. The fourth-order valence-corrected chi connectivity index (χ4v) is 2.42. The molecule has 0 heterocycles. The van der Waals surface area contributed by atoms with E-state index in [1.807, 2.05) is 0 Å². The molecular formula is C22H17FN2O4. The molecule has 3 aromatic rings. The first kappa shape index (κ1) is 19.8. The predicted octanol–water partition coefficient (Wildman–Crippen LogP) is 3.82. The van der Waals surface area contributed by atoms with Crippen LogP contribution >= 0.6 is 0 Å². The maximum atomic E-state index is 13.6. The van der Waals surface area contributed by atoms with Crippen LogP contribution in [0, 0.1) is 5.82 Å². The lowest BCUT2D eigenvalue weighted by Gasteiger charge is -2.06. The third-order valence-corrected chi connectivity index (χ3v) is 3.89. The van der Waals surface area contributed by atoms with Gasteiger partial charge in [-0.2, -0.15) is 5.10 Å². The van der Waals surface area contributed by atoms with E-state index >= 15 is 0 Å². The molecule has 0 bridgehead atoms. The molecule has 29 heavy (non-hydrogen) atoms. The van der Waals surface area contributed by atoms with Crippen molar-refractivity contribution in [1.29, 1.82) is 0 Å². The molecule has 0 atom stereocenters. The number of nitrogens with one attached hydrogen (secondary N) is 1. The topological polar surface area (TPSA) is 77.0 Å². The highest BCUT2D eigenvalue weighted by atomic mass is 19.1. The van der Waals surface area contributed by atoms with Crippen molar-refractivity contribution in [2.24, 2.45) is 5.10 Å². The molecule has 0 radical (unpaired) electrons. The Morgan fingerprint density at radius 1 is 0.966 bits per heavy atom. The van der Waals surface area contributed by atoms with Crippen molar-refractivity contribution in [3.63, 3.8) is 0 Å². The van der Waals surface area contributed by atoms with Crippen LogP contribution in [0.4, 0.5) is 4.39 Å². The molecule has 0 aliphatic heterocycles. The minimum Gasteiger partial charge on any atom is -0.497 e. The third-order valence-electron chi connectivity index (χ3n) is 3.89. The number of hydrogen-bond acceptors (Lipinski definition) is 5. The summed E-state index contributed by atoms with van der Waals surface area (Å²) in [6, 6.07) is 18.7. The maximum absolute atomic E-state index is 13.6. The normalized spacial score (nSPS) is 10.6. The number of nitrogens with zero attached hydrogens (tertiary/aromatic N) is 1. The molecular weight excluding hydrogens is 375 g/mol. The largest absolute Gasteiger partial charge is 0.497 e. The standard InChI is InChI=1S/C22H17FN2O4/c1-28-17-11-9-16(10-12-17)22(27)29-18-6-4-5-15(13-18)14-24-25-21(26)19-7-2-3-8-20(19)23/h2-14H,1H3,(H,25,26)/b24-14+. The summed E-state index contributed by atoms with van der Waals surface area (Å²) in [5, 5.41) is 3.81. The van der Waals surface area contributed by atoms with Crippen LogP contribution in [0.1, 0.15) is 26.3 Å². The SMILES string of the molecule is COc1ccc(C(=O)Oc2cccc(/C=N/NC(=O)c3ccccc3F)c2)cc1. The van der Waals surface area contributed by atoms with Gasteiger partial charge in [-0.05, 0) is 54.1 Å². The number of hydrazone groups is 1. The van der Waals surface area contributed by atoms with Crippen molar-refractivity contribution >= 4 is 18.1 Å². The smallest absolute Gasteiger partial charge is 0.343 e. The van der Waals surface area contributed by atoms with Gasteiger partial charge in [-0.25, -0.2) is 14.6 Å². The molecule has 3 rings (SSSR count). The quantitative estimate of drug-likeness (QED) is 0.299. The summed E-state index contributed by atoms with van der Waals surface area (Å²) >= 11 is 0. The Balaban J connectivity index is 1.63. The second-order valence-electron chi connectivity index (χ2n) is 5.87. The van der Waals surface area contributed by atoms with Gasteiger partial charge in [-0.1, -0.05) is 24.3 Å². The van der Waals surface area contributed by atoms with Crippen LogP contribution in [0.3, 0.4) is 0 Å². The highest BCUT2D eigenvalue weighted by Gasteiger charge is 2.10. The fraction of sp³-hybridized carbons (Fsp3) is 0.0455. The van der Waals surface area contributed by atoms with Crippen LogP contribution in [-0.4, -0.2) is 25.2 Å². The first-order chi connectivity index (χ1) is 14.1. The number of benzene rings is 3. The van der Waals surface area contributed by atoms with Crippen molar-refractivity contribution in [3.05, 3.63) is 95.3 Å². The lowest BCUT2D eigenvalue weighted by Crippen LogP contribution is -2.18. The van der Waals surface area contributed by atoms with E-state index in [4.69, 9.17) is 9.47 Å². The number of halogens is 1. The lowest BCUT2D eigenvalue weighted by molar-refractivity contribution is 0.0734. The zero-order chi connectivity index (χ0) is 20.6. The van der Waals surface area contributed by atoms with Crippen LogP contribution in [-0.2, 0) is 0 Å². The van der Waals surface area contributed by atoms with Crippen LogP contribution < -0.4 is 14.9 Å². The number of ether oxygens (including phenoxy) is 2. The van der Waals surface area contributed by atoms with E-state index in [0.29, 0.717) is 22.6 Å². The lowest BCUT2D eigenvalue weighted by atomic mass is 10.2. The summed E-state index contributed by atoms with van der Waals surface area (Å²) in [4.78, 5) is 24.2. The Labute approximate surface area is 166 Å². The summed E-state index contributed by atoms with van der Waals surface area (Å²) in [6.07, 6.45) is 1.36. The average molecular weight is 392 g/mol. The van der Waals surface area contributed by atoms with E-state index in [1.54, 1.807) is 61.7 Å². The molecule has 0 saturated carbocycles. The second-order valence-corrected chi connectivity index (χ2v) is 5.87. The van der Waals surface area contributed by atoms with Crippen molar-refractivity contribution in [1.82, 2.24) is 5.43 Å². The molecule has 0 aliphatic rings. The first-order valence-electron chi connectivity index (χ1n) is 8.61. The Hall–Kier alpha value is -4.00. The first-order valence-corrected chi connectivity index (χ1v) is 8.61. The highest BCUT2D eigenvalue weighted by Crippen LogP contribution is 2.16. The average Bonchev–Trinajstić information content (AvgIpc) is 2.74. The Bertz CT molecular complexity index is 1050. The molecule has 0 fully saturated rings. The van der Waals surface area contributed by atoms with Crippen molar-refractivity contribution in [2.45, 2.75) is 0 Å². The minimum absolute atomic E-state index is 0.105. The van der Waals surface area contributed by atoms with Crippen LogP contribution in [0.25, 0.3) is 0 Å². The summed E-state index contributed by atoms with van der Waals surface area (Å²) in [5.74, 6) is -0.865. The van der Waals surface area contributed by atoms with Gasteiger partial charge in [0.25, 0.3) is 5.91 Å². The molecule has 7 heteroatoms. The van der Waals surface area contributed by atoms with E-state index in [1.165, 1.54) is 24.4 Å². The van der Waals surface area contributed by atoms with Crippen molar-refractivity contribution < 1.29 is 23.5 Å². The summed E-state index contributed by atoms with van der Waals surface area (Å²) in [7, 11) is 1.54. The van der Waals surface area contributed by atoms with Gasteiger partial charge in [0, 0.05) is 0 Å². The monoisotopic (exact) mass is 392 g/mol. The number of rotatable bonds is 6. The molecule has 0 spiro atoms. The number of carbonyl (C=O) groups is 2. The van der Waals surface area contributed by atoms with Gasteiger partial charge in [0.15, 0.2) is 0 Å². The number of carbonyl (C=O) groups excluding carboxylic acids is 2. The molecule has 1 N–H and O–H groups in total.